The maximum absolute atomic E-state index is 10.8. The molecule has 100 valence electrons. The summed E-state index contributed by atoms with van der Waals surface area (Å²) in [6, 6.07) is 4.99. The molecule has 0 unspecified atom stereocenters. The molecule has 0 saturated carbocycles. The first-order chi connectivity index (χ1) is 8.60. The maximum Gasteiger partial charge on any atom is 0.273 e. The number of hydrogen-bond acceptors (Lipinski definition) is 4. The monoisotopic (exact) mass is 251 g/mol. The molecule has 0 bridgehead atoms. The zero-order valence-corrected chi connectivity index (χ0v) is 11.2. The molecule has 0 spiro atoms. The summed E-state index contributed by atoms with van der Waals surface area (Å²) in [6.07, 6.45) is 2.22. The van der Waals surface area contributed by atoms with Crippen LogP contribution in [0.4, 0.5) is 17.1 Å². The highest BCUT2D eigenvalue weighted by molar-refractivity contribution is 5.63. The number of rotatable bonds is 7. The first-order valence-electron chi connectivity index (χ1n) is 6.31. The number of nitro benzene ring substituents is 1. The van der Waals surface area contributed by atoms with E-state index in [4.69, 9.17) is 0 Å². The summed E-state index contributed by atoms with van der Waals surface area (Å²) in [7, 11) is 1.75. The predicted octanol–water partition coefficient (Wildman–Crippen LogP) is 3.48. The average Bonchev–Trinajstić information content (AvgIpc) is 2.39. The third-order valence-electron chi connectivity index (χ3n) is 3.17. The average molecular weight is 251 g/mol. The molecule has 1 aromatic carbocycles. The van der Waals surface area contributed by atoms with Crippen molar-refractivity contribution in [2.75, 3.05) is 24.2 Å². The van der Waals surface area contributed by atoms with Crippen LogP contribution < -0.4 is 10.6 Å². The molecule has 0 fully saturated rings. The van der Waals surface area contributed by atoms with Crippen molar-refractivity contribution in [3.05, 3.63) is 28.3 Å². The van der Waals surface area contributed by atoms with E-state index in [1.54, 1.807) is 13.1 Å². The number of anilines is 2. The highest BCUT2D eigenvalue weighted by atomic mass is 16.6. The molecule has 2 N–H and O–H groups in total. The first kappa shape index (κ1) is 14.3. The maximum atomic E-state index is 10.8. The highest BCUT2D eigenvalue weighted by Gasteiger charge is 2.10. The van der Waals surface area contributed by atoms with Crippen molar-refractivity contribution in [3.8, 4) is 0 Å². The Kier molecular flexibility index (Phi) is 5.42. The molecule has 5 nitrogen and oxygen atoms in total. The second kappa shape index (κ2) is 6.83. The normalized spacial score (nSPS) is 10.4. The Labute approximate surface area is 108 Å². The minimum absolute atomic E-state index is 0.105. The van der Waals surface area contributed by atoms with Crippen molar-refractivity contribution in [3.63, 3.8) is 0 Å². The van der Waals surface area contributed by atoms with Crippen molar-refractivity contribution in [1.82, 2.24) is 0 Å². The lowest BCUT2D eigenvalue weighted by molar-refractivity contribution is -0.384. The van der Waals surface area contributed by atoms with Gasteiger partial charge in [-0.25, -0.2) is 0 Å². The molecule has 0 aliphatic rings. The minimum atomic E-state index is -0.372. The van der Waals surface area contributed by atoms with Crippen LogP contribution in [0, 0.1) is 16.0 Å². The van der Waals surface area contributed by atoms with E-state index in [0.29, 0.717) is 5.92 Å². The van der Waals surface area contributed by atoms with E-state index in [9.17, 15) is 10.1 Å². The first-order valence-corrected chi connectivity index (χ1v) is 6.31. The fourth-order valence-corrected chi connectivity index (χ4v) is 1.80. The Morgan fingerprint density at radius 2 is 1.83 bits per heavy atom. The van der Waals surface area contributed by atoms with Crippen LogP contribution in [0.15, 0.2) is 18.2 Å². The van der Waals surface area contributed by atoms with Crippen molar-refractivity contribution >= 4 is 17.1 Å². The van der Waals surface area contributed by atoms with Crippen molar-refractivity contribution < 1.29 is 4.92 Å². The second-order valence-electron chi connectivity index (χ2n) is 4.34. The van der Waals surface area contributed by atoms with E-state index in [-0.39, 0.29) is 10.6 Å². The summed E-state index contributed by atoms with van der Waals surface area (Å²) in [5.74, 6) is 0.599. The molecule has 0 atom stereocenters. The Morgan fingerprint density at radius 1 is 1.22 bits per heavy atom. The third-order valence-corrected chi connectivity index (χ3v) is 3.17. The number of hydrogen-bond donors (Lipinski definition) is 2. The van der Waals surface area contributed by atoms with Gasteiger partial charge in [-0.3, -0.25) is 10.1 Å². The highest BCUT2D eigenvalue weighted by Crippen LogP contribution is 2.24. The topological polar surface area (TPSA) is 67.2 Å². The molecular weight excluding hydrogens is 230 g/mol. The Hall–Kier alpha value is -1.78. The van der Waals surface area contributed by atoms with Crippen LogP contribution in [0.25, 0.3) is 0 Å². The van der Waals surface area contributed by atoms with Crippen LogP contribution in [0.1, 0.15) is 26.7 Å². The largest absolute Gasteiger partial charge is 0.388 e. The molecule has 0 aliphatic heterocycles. The van der Waals surface area contributed by atoms with E-state index in [1.807, 2.05) is 6.07 Å². The van der Waals surface area contributed by atoms with Crippen molar-refractivity contribution in [1.29, 1.82) is 0 Å². The molecule has 1 rings (SSSR count). The van der Waals surface area contributed by atoms with E-state index < -0.39 is 0 Å². The van der Waals surface area contributed by atoms with Gasteiger partial charge in [-0.15, -0.1) is 0 Å². The zero-order valence-electron chi connectivity index (χ0n) is 11.2. The molecule has 1 aromatic rings. The van der Waals surface area contributed by atoms with Gasteiger partial charge in [0, 0.05) is 37.1 Å². The van der Waals surface area contributed by atoms with Gasteiger partial charge in [-0.05, 0) is 12.0 Å². The SMILES string of the molecule is CCC(CC)CNc1cc(NC)cc([N+](=O)[O-])c1. The van der Waals surface area contributed by atoms with Crippen molar-refractivity contribution in [2.45, 2.75) is 26.7 Å². The summed E-state index contributed by atoms with van der Waals surface area (Å²) >= 11 is 0. The molecule has 0 saturated heterocycles. The van der Waals surface area contributed by atoms with Crippen LogP contribution in [-0.4, -0.2) is 18.5 Å². The molecule has 0 aromatic heterocycles. The van der Waals surface area contributed by atoms with Gasteiger partial charge in [-0.2, -0.15) is 0 Å². The van der Waals surface area contributed by atoms with E-state index >= 15 is 0 Å². The Balaban J connectivity index is 2.81. The smallest absolute Gasteiger partial charge is 0.273 e. The van der Waals surface area contributed by atoms with E-state index in [2.05, 4.69) is 24.5 Å². The van der Waals surface area contributed by atoms with E-state index in [0.717, 1.165) is 30.8 Å². The molecule has 18 heavy (non-hydrogen) atoms. The molecule has 0 radical (unpaired) electrons. The fourth-order valence-electron chi connectivity index (χ4n) is 1.80. The van der Waals surface area contributed by atoms with Gasteiger partial charge in [-0.1, -0.05) is 26.7 Å². The molecule has 5 heteroatoms. The van der Waals surface area contributed by atoms with Gasteiger partial charge in [0.15, 0.2) is 0 Å². The number of nitrogens with zero attached hydrogens (tertiary/aromatic N) is 1. The van der Waals surface area contributed by atoms with Gasteiger partial charge in [0.1, 0.15) is 0 Å². The van der Waals surface area contributed by atoms with Gasteiger partial charge < -0.3 is 10.6 Å². The second-order valence-corrected chi connectivity index (χ2v) is 4.34. The number of nitrogens with one attached hydrogen (secondary N) is 2. The van der Waals surface area contributed by atoms with Crippen LogP contribution in [-0.2, 0) is 0 Å². The quantitative estimate of drug-likeness (QED) is 0.575. The Bertz CT molecular complexity index is 403. The summed E-state index contributed by atoms with van der Waals surface area (Å²) in [6.45, 7) is 5.15. The van der Waals surface area contributed by atoms with Gasteiger partial charge >= 0.3 is 0 Å². The lowest BCUT2D eigenvalue weighted by Crippen LogP contribution is -2.12. The lowest BCUT2D eigenvalue weighted by atomic mass is 10.0. The van der Waals surface area contributed by atoms with Crippen LogP contribution in [0.2, 0.25) is 0 Å². The summed E-state index contributed by atoms with van der Waals surface area (Å²) in [5.41, 5.74) is 1.64. The van der Waals surface area contributed by atoms with E-state index in [1.165, 1.54) is 6.07 Å². The predicted molar refractivity (Wildman–Crippen MR) is 75.2 cm³/mol. The number of benzene rings is 1. The summed E-state index contributed by atoms with van der Waals surface area (Å²) < 4.78 is 0. The molecule has 0 heterocycles. The molecule has 0 amide bonds. The lowest BCUT2D eigenvalue weighted by Gasteiger charge is -2.14. The number of nitro groups is 1. The number of non-ortho nitro benzene ring substituents is 1. The van der Waals surface area contributed by atoms with Gasteiger partial charge in [0.05, 0.1) is 4.92 Å². The van der Waals surface area contributed by atoms with Crippen molar-refractivity contribution in [2.24, 2.45) is 5.92 Å². The molecular formula is C13H21N3O2. The van der Waals surface area contributed by atoms with Crippen LogP contribution in [0.5, 0.6) is 0 Å². The van der Waals surface area contributed by atoms with Crippen LogP contribution >= 0.6 is 0 Å². The van der Waals surface area contributed by atoms with Gasteiger partial charge in [0.25, 0.3) is 5.69 Å². The third kappa shape index (κ3) is 3.91. The van der Waals surface area contributed by atoms with Gasteiger partial charge in [0.2, 0.25) is 0 Å². The zero-order chi connectivity index (χ0) is 13.5. The fraction of sp³-hybridized carbons (Fsp3) is 0.538. The van der Waals surface area contributed by atoms with Crippen LogP contribution in [0.3, 0.4) is 0 Å². The Morgan fingerprint density at radius 3 is 2.33 bits per heavy atom. The summed E-state index contributed by atoms with van der Waals surface area (Å²) in [5, 5.41) is 17.0. The summed E-state index contributed by atoms with van der Waals surface area (Å²) in [4.78, 5) is 10.4. The standard InChI is InChI=1S/C13H21N3O2/c1-4-10(5-2)9-15-12-6-11(14-3)7-13(8-12)16(17)18/h6-8,10,14-15H,4-5,9H2,1-3H3. The minimum Gasteiger partial charge on any atom is -0.388 e. The molecule has 0 aliphatic carbocycles.